The van der Waals surface area contributed by atoms with Crippen LogP contribution in [0, 0.1) is 62.8 Å². The molecule has 0 aromatic rings. The first-order valence-electron chi connectivity index (χ1n) is 14.8. The SMILES string of the molecule is C#CON(C)C(=O)[C@@]1(C)CC[C@]2(C)CC[C@]3(C)C(=CC(=O)[C@@H]4[C@@]5(C)CC[C@H](O)C(C)(C)C5CC[C@]43C)[C@@H]2C1. The second-order valence-corrected chi connectivity index (χ2v) is 15.6. The van der Waals surface area contributed by atoms with E-state index in [1.54, 1.807) is 7.05 Å². The lowest BCUT2D eigenvalue weighted by atomic mass is 9.33. The molecule has 5 aliphatic carbocycles. The summed E-state index contributed by atoms with van der Waals surface area (Å²) in [6.07, 6.45) is 17.6. The topological polar surface area (TPSA) is 66.8 Å². The molecule has 0 heterocycles. The lowest BCUT2D eigenvalue weighted by Gasteiger charge is -2.70. The zero-order chi connectivity index (χ0) is 28.1. The zero-order valence-electron chi connectivity index (χ0n) is 24.9. The molecule has 210 valence electrons. The second-order valence-electron chi connectivity index (χ2n) is 15.6. The lowest BCUT2D eigenvalue weighted by Crippen LogP contribution is -2.66. The van der Waals surface area contributed by atoms with Crippen LogP contribution in [0.1, 0.15) is 106 Å². The number of hydrogen-bond donors (Lipinski definition) is 1. The highest BCUT2D eigenvalue weighted by atomic mass is 16.7. The quantitative estimate of drug-likeness (QED) is 0.340. The summed E-state index contributed by atoms with van der Waals surface area (Å²) in [5.74, 6) is 0.684. The zero-order valence-corrected chi connectivity index (χ0v) is 24.9. The molecular formula is C33H49NO4. The first-order valence-corrected chi connectivity index (χ1v) is 14.8. The van der Waals surface area contributed by atoms with E-state index in [1.807, 2.05) is 0 Å². The van der Waals surface area contributed by atoms with Crippen LogP contribution in [0.15, 0.2) is 11.6 Å². The van der Waals surface area contributed by atoms with Crippen molar-refractivity contribution in [2.45, 2.75) is 112 Å². The summed E-state index contributed by atoms with van der Waals surface area (Å²) in [6.45, 7) is 16.1. The van der Waals surface area contributed by atoms with Crippen molar-refractivity contribution in [2.24, 2.45) is 50.2 Å². The van der Waals surface area contributed by atoms with Crippen molar-refractivity contribution in [2.75, 3.05) is 7.05 Å². The van der Waals surface area contributed by atoms with Gasteiger partial charge in [-0.2, -0.15) is 5.06 Å². The van der Waals surface area contributed by atoms with Crippen LogP contribution in [0.2, 0.25) is 0 Å². The van der Waals surface area contributed by atoms with Gasteiger partial charge >= 0.3 is 0 Å². The van der Waals surface area contributed by atoms with Gasteiger partial charge in [-0.25, -0.2) is 0 Å². The number of nitrogens with zero attached hydrogens (tertiary/aromatic N) is 1. The molecule has 5 heteroatoms. The van der Waals surface area contributed by atoms with E-state index >= 15 is 0 Å². The molecule has 0 saturated heterocycles. The highest BCUT2D eigenvalue weighted by molar-refractivity contribution is 5.95. The van der Waals surface area contributed by atoms with Crippen molar-refractivity contribution in [1.82, 2.24) is 5.06 Å². The molecule has 38 heavy (non-hydrogen) atoms. The monoisotopic (exact) mass is 523 g/mol. The third kappa shape index (κ3) is 3.41. The van der Waals surface area contributed by atoms with Crippen molar-refractivity contribution >= 4 is 11.7 Å². The Balaban J connectivity index is 1.57. The van der Waals surface area contributed by atoms with Crippen molar-refractivity contribution in [1.29, 1.82) is 0 Å². The van der Waals surface area contributed by atoms with Gasteiger partial charge in [-0.15, -0.1) is 0 Å². The highest BCUT2D eigenvalue weighted by Crippen LogP contribution is 2.75. The van der Waals surface area contributed by atoms with Gasteiger partial charge in [-0.05, 0) is 103 Å². The van der Waals surface area contributed by atoms with E-state index in [0.717, 1.165) is 57.8 Å². The third-order valence-electron chi connectivity index (χ3n) is 13.5. The number of rotatable bonds is 2. The fourth-order valence-electron chi connectivity index (χ4n) is 10.9. The number of hydroxylamine groups is 2. The smallest absolute Gasteiger partial charge is 0.261 e. The van der Waals surface area contributed by atoms with Gasteiger partial charge in [0.05, 0.1) is 11.5 Å². The summed E-state index contributed by atoms with van der Waals surface area (Å²) in [7, 11) is 1.60. The molecule has 5 nitrogen and oxygen atoms in total. The molecule has 4 saturated carbocycles. The van der Waals surface area contributed by atoms with Gasteiger partial charge in [-0.3, -0.25) is 9.59 Å². The van der Waals surface area contributed by atoms with Gasteiger partial charge in [-0.1, -0.05) is 60.5 Å². The number of hydrogen-bond acceptors (Lipinski definition) is 4. The number of carbonyl (C=O) groups is 2. The summed E-state index contributed by atoms with van der Waals surface area (Å²) in [4.78, 5) is 33.0. The maximum atomic E-state index is 14.4. The summed E-state index contributed by atoms with van der Waals surface area (Å²) in [5.41, 5.74) is 0.257. The Morgan fingerprint density at radius 3 is 2.34 bits per heavy atom. The molecule has 0 aromatic carbocycles. The number of fused-ring (bicyclic) bond motifs is 7. The van der Waals surface area contributed by atoms with Gasteiger partial charge in [0, 0.05) is 13.0 Å². The summed E-state index contributed by atoms with van der Waals surface area (Å²) >= 11 is 0. The van der Waals surface area contributed by atoms with Crippen LogP contribution >= 0.6 is 0 Å². The lowest BCUT2D eigenvalue weighted by molar-refractivity contribution is -0.203. The first kappa shape index (κ1) is 27.8. The maximum Gasteiger partial charge on any atom is 0.261 e. The molecule has 4 fully saturated rings. The molecule has 0 aliphatic heterocycles. The Kier molecular flexibility index (Phi) is 6.10. The normalized spacial score (nSPS) is 49.3. The Morgan fingerprint density at radius 1 is 1.03 bits per heavy atom. The average molecular weight is 524 g/mol. The maximum absolute atomic E-state index is 14.4. The summed E-state index contributed by atoms with van der Waals surface area (Å²) in [5, 5.41) is 12.1. The number of allylic oxidation sites excluding steroid dienone is 2. The van der Waals surface area contributed by atoms with Crippen molar-refractivity contribution in [3.8, 4) is 12.5 Å². The molecule has 5 aliphatic rings. The van der Waals surface area contributed by atoms with Gasteiger partial charge in [0.15, 0.2) is 5.78 Å². The van der Waals surface area contributed by atoms with E-state index in [1.165, 1.54) is 10.6 Å². The van der Waals surface area contributed by atoms with E-state index in [4.69, 9.17) is 11.3 Å². The summed E-state index contributed by atoms with van der Waals surface area (Å²) < 4.78 is 0. The Labute approximate surface area is 230 Å². The number of terminal acetylenes is 1. The van der Waals surface area contributed by atoms with Crippen LogP contribution in [-0.2, 0) is 14.4 Å². The van der Waals surface area contributed by atoms with E-state index in [0.29, 0.717) is 5.92 Å². The van der Waals surface area contributed by atoms with E-state index in [9.17, 15) is 14.7 Å². The molecule has 1 unspecified atom stereocenters. The second kappa shape index (κ2) is 8.35. The molecule has 1 N–H and O–H groups in total. The van der Waals surface area contributed by atoms with Crippen LogP contribution in [0.5, 0.6) is 0 Å². The van der Waals surface area contributed by atoms with Crippen molar-refractivity contribution < 1.29 is 19.5 Å². The summed E-state index contributed by atoms with van der Waals surface area (Å²) in [6, 6.07) is 0. The van der Waals surface area contributed by atoms with Crippen LogP contribution in [-0.4, -0.2) is 35.0 Å². The molecule has 5 rings (SSSR count). The minimum atomic E-state index is -0.581. The Hall–Kier alpha value is -1.80. The van der Waals surface area contributed by atoms with Crippen LogP contribution in [0.25, 0.3) is 0 Å². The predicted octanol–water partition coefficient (Wildman–Crippen LogP) is 6.31. The minimum Gasteiger partial charge on any atom is -0.393 e. The number of carbonyl (C=O) groups excluding carboxylic acids is 2. The molecular weight excluding hydrogens is 474 g/mol. The molecule has 0 aromatic heterocycles. The minimum absolute atomic E-state index is 0.0367. The van der Waals surface area contributed by atoms with E-state index in [2.05, 4.69) is 60.6 Å². The molecule has 0 bridgehead atoms. The standard InChI is InChI=1S/C33H49NO4/c1-10-38-34(9)27(37)30(5)16-15-29(4)17-18-32(7)21(22(29)20-30)19-23(35)26-31(6)13-12-25(36)28(2,3)24(31)11-14-33(26,32)8/h1,19,22,24-26,36H,11-18,20H2,2-9H3/t22-,24?,25-,26+,29+,30-,31-,32+,33+/m0/s1. The van der Waals surface area contributed by atoms with E-state index < -0.39 is 5.41 Å². The average Bonchev–Trinajstić information content (AvgIpc) is 2.84. The third-order valence-corrected chi connectivity index (χ3v) is 13.5. The Morgan fingerprint density at radius 2 is 1.68 bits per heavy atom. The number of aliphatic hydroxyl groups is 1. The molecule has 1 amide bonds. The molecule has 0 radical (unpaired) electrons. The molecule has 0 spiro atoms. The first-order chi connectivity index (χ1) is 17.5. The fraction of sp³-hybridized carbons (Fsp3) is 0.818. The number of amides is 1. The van der Waals surface area contributed by atoms with Crippen LogP contribution in [0.3, 0.4) is 0 Å². The largest absolute Gasteiger partial charge is 0.393 e. The van der Waals surface area contributed by atoms with Gasteiger partial charge in [0.1, 0.15) is 6.11 Å². The van der Waals surface area contributed by atoms with Gasteiger partial charge in [0.2, 0.25) is 0 Å². The van der Waals surface area contributed by atoms with Crippen LogP contribution < -0.4 is 0 Å². The predicted molar refractivity (Wildman–Crippen MR) is 148 cm³/mol. The van der Waals surface area contributed by atoms with Crippen LogP contribution in [0.4, 0.5) is 0 Å². The fourth-order valence-corrected chi connectivity index (χ4v) is 10.9. The molecule has 9 atom stereocenters. The van der Waals surface area contributed by atoms with Gasteiger partial charge in [0.25, 0.3) is 5.91 Å². The van der Waals surface area contributed by atoms with Crippen molar-refractivity contribution in [3.05, 3.63) is 11.6 Å². The van der Waals surface area contributed by atoms with Gasteiger partial charge < -0.3 is 9.94 Å². The van der Waals surface area contributed by atoms with Crippen molar-refractivity contribution in [3.63, 3.8) is 0 Å². The number of ketones is 1. The number of aliphatic hydroxyl groups excluding tert-OH is 1. The Bertz CT molecular complexity index is 1120. The van der Waals surface area contributed by atoms with E-state index in [-0.39, 0.29) is 56.7 Å². The highest BCUT2D eigenvalue weighted by Gasteiger charge is 2.70.